The van der Waals surface area contributed by atoms with Crippen molar-refractivity contribution < 1.29 is 13.2 Å². The highest BCUT2D eigenvalue weighted by atomic mass is 32.2. The Morgan fingerprint density at radius 2 is 1.66 bits per heavy atom. The first kappa shape index (κ1) is 20.8. The molecule has 152 valence electrons. The van der Waals surface area contributed by atoms with Gasteiger partial charge < -0.3 is 9.30 Å². The number of aromatic nitrogens is 1. The highest BCUT2D eigenvalue weighted by molar-refractivity contribution is 7.89. The molecule has 2 aromatic carbocycles. The molecule has 1 aromatic heterocycles. The summed E-state index contributed by atoms with van der Waals surface area (Å²) in [6.07, 6.45) is 0. The molecule has 0 aliphatic rings. The van der Waals surface area contributed by atoms with Gasteiger partial charge in [-0.1, -0.05) is 48.0 Å². The first-order chi connectivity index (χ1) is 13.8. The molecule has 0 radical (unpaired) electrons. The molecule has 7 heteroatoms. The number of nitrogens with zero attached hydrogens (tertiary/aromatic N) is 1. The number of hydrogen-bond acceptors (Lipinski definition) is 4. The number of aryl methyl sites for hydroxylation is 2. The molecule has 6 nitrogen and oxygen atoms in total. The van der Waals surface area contributed by atoms with Gasteiger partial charge in [-0.25, -0.2) is 13.1 Å². The van der Waals surface area contributed by atoms with Crippen molar-refractivity contribution in [2.75, 3.05) is 0 Å². The van der Waals surface area contributed by atoms with E-state index in [1.807, 2.05) is 37.3 Å². The van der Waals surface area contributed by atoms with Gasteiger partial charge >= 0.3 is 0 Å². The van der Waals surface area contributed by atoms with E-state index in [1.165, 1.54) is 6.07 Å². The van der Waals surface area contributed by atoms with E-state index in [-0.39, 0.29) is 29.2 Å². The summed E-state index contributed by atoms with van der Waals surface area (Å²) >= 11 is 0. The molecular weight excluding hydrogens is 388 g/mol. The molecule has 0 saturated heterocycles. The molecule has 1 N–H and O–H groups in total. The quantitative estimate of drug-likeness (QED) is 0.647. The molecule has 0 bridgehead atoms. The maximum Gasteiger partial charge on any atom is 0.240 e. The van der Waals surface area contributed by atoms with Crippen molar-refractivity contribution >= 4 is 10.0 Å². The zero-order chi connectivity index (χ0) is 21.0. The van der Waals surface area contributed by atoms with Crippen LogP contribution in [-0.4, -0.2) is 13.0 Å². The summed E-state index contributed by atoms with van der Waals surface area (Å²) < 4.78 is 35.4. The fourth-order valence-electron chi connectivity index (χ4n) is 2.91. The van der Waals surface area contributed by atoms with E-state index in [4.69, 9.17) is 4.74 Å². The molecule has 3 rings (SSSR count). The van der Waals surface area contributed by atoms with Gasteiger partial charge in [0.15, 0.2) is 5.75 Å². The smallest absolute Gasteiger partial charge is 0.240 e. The van der Waals surface area contributed by atoms with E-state index in [1.54, 1.807) is 42.8 Å². The predicted molar refractivity (Wildman–Crippen MR) is 112 cm³/mol. The van der Waals surface area contributed by atoms with Gasteiger partial charge in [-0.2, -0.15) is 0 Å². The van der Waals surface area contributed by atoms with Crippen molar-refractivity contribution in [3.8, 4) is 5.75 Å². The minimum absolute atomic E-state index is 0.0618. The fraction of sp³-hybridized carbons (Fsp3) is 0.227. The van der Waals surface area contributed by atoms with Crippen molar-refractivity contribution in [2.45, 2.75) is 31.9 Å². The minimum atomic E-state index is -3.72. The van der Waals surface area contributed by atoms with Crippen LogP contribution in [0.2, 0.25) is 0 Å². The molecule has 0 unspecified atom stereocenters. The van der Waals surface area contributed by atoms with Gasteiger partial charge in [0, 0.05) is 18.8 Å². The Morgan fingerprint density at radius 3 is 2.31 bits per heavy atom. The number of ether oxygens (including phenoxy) is 1. The number of hydrogen-bond donors (Lipinski definition) is 1. The monoisotopic (exact) mass is 412 g/mol. The van der Waals surface area contributed by atoms with Crippen LogP contribution in [0, 0.1) is 13.8 Å². The largest absolute Gasteiger partial charge is 0.483 e. The maximum absolute atomic E-state index is 12.6. The Morgan fingerprint density at radius 1 is 1.00 bits per heavy atom. The van der Waals surface area contributed by atoms with E-state index in [0.29, 0.717) is 11.4 Å². The summed E-state index contributed by atoms with van der Waals surface area (Å²) in [4.78, 5) is 12.7. The number of nitrogens with one attached hydrogen (secondary N) is 1. The molecule has 29 heavy (non-hydrogen) atoms. The summed E-state index contributed by atoms with van der Waals surface area (Å²) in [6, 6.07) is 17.6. The molecular formula is C22H24N2O4S. The molecule has 0 amide bonds. The lowest BCUT2D eigenvalue weighted by Crippen LogP contribution is -2.27. The van der Waals surface area contributed by atoms with Crippen LogP contribution < -0.4 is 14.9 Å². The third kappa shape index (κ3) is 4.93. The maximum atomic E-state index is 12.6. The second-order valence-corrected chi connectivity index (χ2v) is 8.66. The van der Waals surface area contributed by atoms with Gasteiger partial charge in [-0.15, -0.1) is 0 Å². The summed E-state index contributed by atoms with van der Waals surface area (Å²) in [5, 5.41) is 0. The SMILES string of the molecule is Cc1ccc(S(=O)(=O)NCc2c(OCc3ccccc3)c(=O)cc(C)n2C)cc1. The van der Waals surface area contributed by atoms with Crippen molar-refractivity contribution in [2.24, 2.45) is 7.05 Å². The summed E-state index contributed by atoms with van der Waals surface area (Å²) in [7, 11) is -1.95. The molecule has 1 heterocycles. The van der Waals surface area contributed by atoms with E-state index in [0.717, 1.165) is 11.1 Å². The predicted octanol–water partition coefficient (Wildman–Crippen LogP) is 3.06. The van der Waals surface area contributed by atoms with Gasteiger partial charge in [-0.05, 0) is 31.5 Å². The molecule has 0 aliphatic carbocycles. The lowest BCUT2D eigenvalue weighted by molar-refractivity contribution is 0.295. The van der Waals surface area contributed by atoms with Crippen LogP contribution in [-0.2, 0) is 30.2 Å². The zero-order valence-electron chi connectivity index (χ0n) is 16.7. The Labute approximate surface area is 170 Å². The first-order valence-corrected chi connectivity index (χ1v) is 10.7. The van der Waals surface area contributed by atoms with Crippen molar-refractivity contribution in [3.05, 3.63) is 93.4 Å². The number of pyridine rings is 1. The number of sulfonamides is 1. The summed E-state index contributed by atoms with van der Waals surface area (Å²) in [5.74, 6) is 0.147. The molecule has 0 fully saturated rings. The summed E-state index contributed by atoms with van der Waals surface area (Å²) in [6.45, 7) is 3.84. The Balaban J connectivity index is 1.87. The molecule has 0 spiro atoms. The lowest BCUT2D eigenvalue weighted by atomic mass is 10.2. The van der Waals surface area contributed by atoms with Gasteiger partial charge in [-0.3, -0.25) is 4.79 Å². The average molecular weight is 413 g/mol. The van der Waals surface area contributed by atoms with E-state index < -0.39 is 10.0 Å². The molecule has 0 aliphatic heterocycles. The summed E-state index contributed by atoms with van der Waals surface area (Å²) in [5.41, 5.74) is 2.80. The standard InChI is InChI=1S/C22H24N2O4S/c1-16-9-11-19(12-10-16)29(26,27)23-14-20-22(21(25)13-17(2)24(20)3)28-15-18-7-5-4-6-8-18/h4-13,23H,14-15H2,1-3H3. The highest BCUT2D eigenvalue weighted by Crippen LogP contribution is 2.18. The van der Waals surface area contributed by atoms with E-state index >= 15 is 0 Å². The Hall–Kier alpha value is -2.90. The molecule has 3 aromatic rings. The molecule has 0 atom stereocenters. The highest BCUT2D eigenvalue weighted by Gasteiger charge is 2.18. The lowest BCUT2D eigenvalue weighted by Gasteiger charge is -2.18. The third-order valence-electron chi connectivity index (χ3n) is 4.75. The second kappa shape index (κ2) is 8.63. The average Bonchev–Trinajstić information content (AvgIpc) is 2.70. The van der Waals surface area contributed by atoms with Gasteiger partial charge in [0.1, 0.15) is 6.61 Å². The second-order valence-electron chi connectivity index (χ2n) is 6.90. The minimum Gasteiger partial charge on any atom is -0.483 e. The van der Waals surface area contributed by atoms with E-state index in [9.17, 15) is 13.2 Å². The zero-order valence-corrected chi connectivity index (χ0v) is 17.5. The van der Waals surface area contributed by atoms with Crippen LogP contribution in [0.3, 0.4) is 0 Å². The van der Waals surface area contributed by atoms with Crippen LogP contribution in [0.5, 0.6) is 5.75 Å². The van der Waals surface area contributed by atoms with Crippen LogP contribution in [0.4, 0.5) is 0 Å². The van der Waals surface area contributed by atoms with Crippen LogP contribution in [0.25, 0.3) is 0 Å². The van der Waals surface area contributed by atoms with Gasteiger partial charge in [0.25, 0.3) is 0 Å². The van der Waals surface area contributed by atoms with Gasteiger partial charge in [0.2, 0.25) is 15.5 Å². The molecule has 0 saturated carbocycles. The van der Waals surface area contributed by atoms with Crippen LogP contribution >= 0.6 is 0 Å². The van der Waals surface area contributed by atoms with Crippen molar-refractivity contribution in [1.82, 2.24) is 9.29 Å². The van der Waals surface area contributed by atoms with Crippen LogP contribution in [0.15, 0.2) is 70.4 Å². The first-order valence-electron chi connectivity index (χ1n) is 9.20. The van der Waals surface area contributed by atoms with Crippen LogP contribution in [0.1, 0.15) is 22.5 Å². The van der Waals surface area contributed by atoms with E-state index in [2.05, 4.69) is 4.72 Å². The number of rotatable bonds is 7. The van der Waals surface area contributed by atoms with Gasteiger partial charge in [0.05, 0.1) is 17.1 Å². The fourth-order valence-corrected chi connectivity index (χ4v) is 3.89. The third-order valence-corrected chi connectivity index (χ3v) is 6.16. The van der Waals surface area contributed by atoms with Crippen molar-refractivity contribution in [1.29, 1.82) is 0 Å². The number of benzene rings is 2. The van der Waals surface area contributed by atoms with Crippen molar-refractivity contribution in [3.63, 3.8) is 0 Å². The normalized spacial score (nSPS) is 11.4. The Bertz CT molecular complexity index is 1150. The topological polar surface area (TPSA) is 77.4 Å². The Kier molecular flexibility index (Phi) is 6.20.